The molecule has 0 saturated heterocycles. The van der Waals surface area contributed by atoms with E-state index < -0.39 is 18.0 Å². The van der Waals surface area contributed by atoms with Crippen molar-refractivity contribution in [3.8, 4) is 0 Å². The van der Waals surface area contributed by atoms with Gasteiger partial charge in [0.1, 0.15) is 5.69 Å². The van der Waals surface area contributed by atoms with Crippen LogP contribution in [0.4, 0.5) is 0 Å². The Kier molecular flexibility index (Phi) is 5.76. The van der Waals surface area contributed by atoms with Crippen LogP contribution in [0.1, 0.15) is 40.3 Å². The second-order valence-electron chi connectivity index (χ2n) is 5.21. The molecule has 1 amide bonds. The van der Waals surface area contributed by atoms with E-state index in [2.05, 4.69) is 10.3 Å². The maximum atomic E-state index is 12.0. The maximum Gasteiger partial charge on any atom is 0.355 e. The molecule has 24 heavy (non-hydrogen) atoms. The van der Waals surface area contributed by atoms with Crippen molar-refractivity contribution in [2.75, 3.05) is 0 Å². The molecule has 0 unspecified atom stereocenters. The summed E-state index contributed by atoms with van der Waals surface area (Å²) in [5, 5.41) is 3.20. The van der Waals surface area contributed by atoms with Crippen LogP contribution in [-0.2, 0) is 16.1 Å². The normalized spacial score (nSPS) is 11.6. The van der Waals surface area contributed by atoms with E-state index in [1.54, 1.807) is 18.2 Å². The summed E-state index contributed by atoms with van der Waals surface area (Å²) in [4.78, 5) is 37.8. The van der Waals surface area contributed by atoms with Gasteiger partial charge >= 0.3 is 5.97 Å². The highest BCUT2D eigenvalue weighted by Gasteiger charge is 2.20. The van der Waals surface area contributed by atoms with Crippen LogP contribution in [0.3, 0.4) is 0 Å². The average molecular weight is 349 g/mol. The smallest absolute Gasteiger partial charge is 0.355 e. The fourth-order valence-electron chi connectivity index (χ4n) is 1.96. The van der Waals surface area contributed by atoms with E-state index in [0.29, 0.717) is 10.6 Å². The van der Waals surface area contributed by atoms with Crippen molar-refractivity contribution in [1.29, 1.82) is 0 Å². The number of ether oxygens (including phenoxy) is 1. The highest BCUT2D eigenvalue weighted by Crippen LogP contribution is 2.14. The van der Waals surface area contributed by atoms with Crippen LogP contribution in [0.5, 0.6) is 0 Å². The maximum absolute atomic E-state index is 12.0. The van der Waals surface area contributed by atoms with E-state index >= 15 is 0 Å². The number of amides is 1. The number of aromatic amines is 1. The second-order valence-corrected chi connectivity index (χ2v) is 5.62. The van der Waals surface area contributed by atoms with Crippen molar-refractivity contribution in [1.82, 2.24) is 10.3 Å². The van der Waals surface area contributed by atoms with Crippen LogP contribution >= 0.6 is 11.6 Å². The Morgan fingerprint density at radius 1 is 1.29 bits per heavy atom. The van der Waals surface area contributed by atoms with Crippen molar-refractivity contribution in [3.05, 3.63) is 58.4 Å². The van der Waals surface area contributed by atoms with E-state index in [1.807, 2.05) is 6.07 Å². The first-order chi connectivity index (χ1) is 11.4. The Balaban J connectivity index is 1.89. The van der Waals surface area contributed by atoms with Crippen molar-refractivity contribution < 1.29 is 19.1 Å². The van der Waals surface area contributed by atoms with Gasteiger partial charge in [-0.15, -0.1) is 0 Å². The first-order valence-electron chi connectivity index (χ1n) is 7.30. The number of aromatic nitrogens is 1. The quantitative estimate of drug-likeness (QED) is 0.620. The lowest BCUT2D eigenvalue weighted by molar-refractivity contribution is -0.129. The molecule has 1 aromatic carbocycles. The molecule has 2 aromatic rings. The topological polar surface area (TPSA) is 88.3 Å². The zero-order valence-electron chi connectivity index (χ0n) is 13.3. The van der Waals surface area contributed by atoms with Crippen LogP contribution in [0.25, 0.3) is 0 Å². The Labute approximate surface area is 144 Å². The SMILES string of the molecule is CC(=O)c1c[nH]c(C(=O)O[C@@H](C)C(=O)NCc2ccccc2Cl)c1. The molecular formula is C17H17ClN2O4. The van der Waals surface area contributed by atoms with Gasteiger partial charge in [0, 0.05) is 23.3 Å². The highest BCUT2D eigenvalue weighted by atomic mass is 35.5. The number of esters is 1. The number of halogens is 1. The van der Waals surface area contributed by atoms with Gasteiger partial charge in [0.25, 0.3) is 5.91 Å². The van der Waals surface area contributed by atoms with Gasteiger partial charge in [-0.25, -0.2) is 4.79 Å². The molecule has 2 rings (SSSR count). The number of H-pyrrole nitrogens is 1. The lowest BCUT2D eigenvalue weighted by atomic mass is 10.2. The summed E-state index contributed by atoms with van der Waals surface area (Å²) in [5.41, 5.74) is 1.25. The largest absolute Gasteiger partial charge is 0.448 e. The molecule has 6 nitrogen and oxygen atoms in total. The fourth-order valence-corrected chi connectivity index (χ4v) is 2.16. The lowest BCUT2D eigenvalue weighted by Crippen LogP contribution is -2.35. The summed E-state index contributed by atoms with van der Waals surface area (Å²) in [7, 11) is 0. The lowest BCUT2D eigenvalue weighted by Gasteiger charge is -2.13. The standard InChI is InChI=1S/C17H17ClN2O4/c1-10(21)13-7-15(19-9-13)17(23)24-11(2)16(22)20-8-12-5-3-4-6-14(12)18/h3-7,9,11,19H,8H2,1-2H3,(H,20,22)/t11-/m0/s1. The minimum atomic E-state index is -0.982. The molecule has 0 radical (unpaired) electrons. The third-order valence-corrected chi connectivity index (χ3v) is 3.74. The number of carbonyl (C=O) groups excluding carboxylic acids is 3. The van der Waals surface area contributed by atoms with Crippen LogP contribution in [0.2, 0.25) is 5.02 Å². The second kappa shape index (κ2) is 7.79. The van der Waals surface area contributed by atoms with Crippen LogP contribution in [-0.4, -0.2) is 28.7 Å². The Hall–Kier alpha value is -2.60. The van der Waals surface area contributed by atoms with Gasteiger partial charge in [-0.05, 0) is 31.5 Å². The van der Waals surface area contributed by atoms with E-state index in [9.17, 15) is 14.4 Å². The van der Waals surface area contributed by atoms with Crippen LogP contribution < -0.4 is 5.32 Å². The van der Waals surface area contributed by atoms with Gasteiger partial charge in [0.15, 0.2) is 11.9 Å². The van der Waals surface area contributed by atoms with Crippen molar-refractivity contribution in [2.45, 2.75) is 26.5 Å². The number of Topliss-reactive ketones (excluding diaryl/α,β-unsaturated/α-hetero) is 1. The van der Waals surface area contributed by atoms with Crippen molar-refractivity contribution in [3.63, 3.8) is 0 Å². The first-order valence-corrected chi connectivity index (χ1v) is 7.67. The number of rotatable bonds is 6. The number of nitrogens with one attached hydrogen (secondary N) is 2. The fraction of sp³-hybridized carbons (Fsp3) is 0.235. The average Bonchev–Trinajstić information content (AvgIpc) is 3.04. The van der Waals surface area contributed by atoms with Gasteiger partial charge in [-0.1, -0.05) is 29.8 Å². The zero-order valence-corrected chi connectivity index (χ0v) is 14.0. The molecule has 1 atom stereocenters. The first kappa shape index (κ1) is 17.7. The van der Waals surface area contributed by atoms with Gasteiger partial charge in [-0.2, -0.15) is 0 Å². The van der Waals surface area contributed by atoms with E-state index in [0.717, 1.165) is 5.56 Å². The van der Waals surface area contributed by atoms with Crippen molar-refractivity contribution >= 4 is 29.3 Å². The Morgan fingerprint density at radius 2 is 2.00 bits per heavy atom. The Bertz CT molecular complexity index is 769. The zero-order chi connectivity index (χ0) is 17.7. The summed E-state index contributed by atoms with van der Waals surface area (Å²) < 4.78 is 5.08. The molecule has 0 aliphatic carbocycles. The minimum absolute atomic E-state index is 0.117. The van der Waals surface area contributed by atoms with Crippen LogP contribution in [0, 0.1) is 0 Å². The van der Waals surface area contributed by atoms with E-state index in [1.165, 1.54) is 26.1 Å². The summed E-state index contributed by atoms with van der Waals surface area (Å²) in [5.74, 6) is -1.32. The molecule has 1 heterocycles. The molecule has 126 valence electrons. The van der Waals surface area contributed by atoms with Gasteiger partial charge in [-0.3, -0.25) is 9.59 Å². The predicted molar refractivity (Wildman–Crippen MR) is 89.0 cm³/mol. The highest BCUT2D eigenvalue weighted by molar-refractivity contribution is 6.31. The monoisotopic (exact) mass is 348 g/mol. The number of hydrogen-bond acceptors (Lipinski definition) is 4. The summed E-state index contributed by atoms with van der Waals surface area (Å²) in [6.45, 7) is 3.09. The molecule has 0 saturated carbocycles. The summed E-state index contributed by atoms with van der Waals surface area (Å²) >= 11 is 6.01. The predicted octanol–water partition coefficient (Wildman–Crippen LogP) is 2.73. The van der Waals surface area contributed by atoms with Crippen LogP contribution in [0.15, 0.2) is 36.5 Å². The third-order valence-electron chi connectivity index (χ3n) is 3.37. The van der Waals surface area contributed by atoms with Gasteiger partial charge < -0.3 is 15.0 Å². The molecule has 0 aliphatic heterocycles. The molecule has 0 aliphatic rings. The van der Waals surface area contributed by atoms with Gasteiger partial charge in [0.2, 0.25) is 0 Å². The van der Waals surface area contributed by atoms with Crippen molar-refractivity contribution in [2.24, 2.45) is 0 Å². The van der Waals surface area contributed by atoms with E-state index in [4.69, 9.17) is 16.3 Å². The molecule has 2 N–H and O–H groups in total. The van der Waals surface area contributed by atoms with E-state index in [-0.39, 0.29) is 18.0 Å². The molecule has 1 aromatic heterocycles. The number of carbonyl (C=O) groups is 3. The minimum Gasteiger partial charge on any atom is -0.448 e. The molecule has 0 bridgehead atoms. The van der Waals surface area contributed by atoms with Gasteiger partial charge in [0.05, 0.1) is 0 Å². The number of benzene rings is 1. The molecule has 7 heteroatoms. The number of ketones is 1. The molecular weight excluding hydrogens is 332 g/mol. The molecule has 0 fully saturated rings. The Morgan fingerprint density at radius 3 is 2.62 bits per heavy atom. The summed E-state index contributed by atoms with van der Waals surface area (Å²) in [6.07, 6.45) is 0.435. The number of hydrogen-bond donors (Lipinski definition) is 2. The third kappa shape index (κ3) is 4.45. The summed E-state index contributed by atoms with van der Waals surface area (Å²) in [6, 6.07) is 8.52. The molecule has 0 spiro atoms.